The van der Waals surface area contributed by atoms with Gasteiger partial charge in [-0.2, -0.15) is 0 Å². The summed E-state index contributed by atoms with van der Waals surface area (Å²) in [6, 6.07) is 0.513. The number of unbranched alkanes of at least 4 members (excludes halogenated alkanes) is 1. The Morgan fingerprint density at radius 3 is 2.70 bits per heavy atom. The van der Waals surface area contributed by atoms with Gasteiger partial charge in [-0.25, -0.2) is 0 Å². The highest BCUT2D eigenvalue weighted by molar-refractivity contribution is 5.82. The van der Waals surface area contributed by atoms with Crippen LogP contribution in [0.25, 0.3) is 0 Å². The predicted molar refractivity (Wildman–Crippen MR) is 130 cm³/mol. The average molecular weight is 463 g/mol. The fraction of sp³-hybridized carbons (Fsp3) is 0.923. The minimum absolute atomic E-state index is 0.00487. The molecule has 0 aromatic rings. The molecule has 5 unspecified atom stereocenters. The first-order chi connectivity index (χ1) is 16.1. The summed E-state index contributed by atoms with van der Waals surface area (Å²) in [4.78, 5) is 27.6. The zero-order chi connectivity index (χ0) is 23.0. The molecule has 7 nitrogen and oxygen atoms in total. The van der Waals surface area contributed by atoms with Gasteiger partial charge in [0, 0.05) is 38.2 Å². The van der Waals surface area contributed by atoms with Crippen LogP contribution in [0.15, 0.2) is 0 Å². The summed E-state index contributed by atoms with van der Waals surface area (Å²) in [6.45, 7) is 7.51. The Kier molecular flexibility index (Phi) is 9.44. The van der Waals surface area contributed by atoms with Gasteiger partial charge in [0.2, 0.25) is 11.8 Å². The number of piperidine rings is 2. The first-order valence-electron chi connectivity index (χ1n) is 13.8. The molecule has 3 heterocycles. The van der Waals surface area contributed by atoms with Gasteiger partial charge in [-0.1, -0.05) is 19.3 Å². The molecule has 3 saturated heterocycles. The lowest BCUT2D eigenvalue weighted by Crippen LogP contribution is -2.45. The van der Waals surface area contributed by atoms with E-state index in [2.05, 4.69) is 20.9 Å². The molecular formula is C26H46N4O3. The van der Waals surface area contributed by atoms with Crippen molar-refractivity contribution in [2.75, 3.05) is 39.3 Å². The maximum Gasteiger partial charge on any atom is 0.237 e. The van der Waals surface area contributed by atoms with Crippen LogP contribution >= 0.6 is 0 Å². The van der Waals surface area contributed by atoms with Crippen molar-refractivity contribution in [2.45, 2.75) is 95.7 Å². The van der Waals surface area contributed by atoms with E-state index in [1.807, 2.05) is 6.92 Å². The molecule has 0 bridgehead atoms. The number of amides is 2. The summed E-state index contributed by atoms with van der Waals surface area (Å²) in [5.41, 5.74) is 0. The highest BCUT2D eigenvalue weighted by Crippen LogP contribution is 2.30. The van der Waals surface area contributed by atoms with Crippen molar-refractivity contribution >= 4 is 11.8 Å². The van der Waals surface area contributed by atoms with Crippen LogP contribution in [0.4, 0.5) is 0 Å². The Balaban J connectivity index is 1.06. The summed E-state index contributed by atoms with van der Waals surface area (Å²) >= 11 is 0. The molecule has 4 rings (SSSR count). The van der Waals surface area contributed by atoms with Gasteiger partial charge < -0.3 is 25.6 Å². The molecule has 4 aliphatic rings. The predicted octanol–water partition coefficient (Wildman–Crippen LogP) is 2.45. The van der Waals surface area contributed by atoms with Crippen LogP contribution < -0.4 is 16.0 Å². The Bertz CT molecular complexity index is 621. The molecule has 0 aromatic carbocycles. The lowest BCUT2D eigenvalue weighted by Gasteiger charge is -2.36. The maximum atomic E-state index is 13.0. The molecule has 0 aromatic heterocycles. The average Bonchev–Trinajstić information content (AvgIpc) is 3.29. The standard InChI is InChI=1S/C26H46N4O3/c1-2-33-22-8-5-7-20(16-22)26(32)30-14-10-19(11-15-30)6-3-4-12-28-25(31)24-17-21-18-27-13-9-23(21)29-24/h19-24,27,29H,2-18H2,1H3,(H,28,31). The van der Waals surface area contributed by atoms with Crippen molar-refractivity contribution < 1.29 is 14.3 Å². The van der Waals surface area contributed by atoms with Crippen LogP contribution in [0.2, 0.25) is 0 Å². The Hall–Kier alpha value is -1.18. The smallest absolute Gasteiger partial charge is 0.237 e. The van der Waals surface area contributed by atoms with E-state index >= 15 is 0 Å². The third-order valence-electron chi connectivity index (χ3n) is 8.52. The second-order valence-electron chi connectivity index (χ2n) is 10.8. The number of ether oxygens (including phenoxy) is 1. The number of rotatable bonds is 9. The molecule has 5 atom stereocenters. The highest BCUT2D eigenvalue weighted by atomic mass is 16.5. The molecule has 3 N–H and O–H groups in total. The van der Waals surface area contributed by atoms with Gasteiger partial charge in [-0.3, -0.25) is 9.59 Å². The molecule has 4 fully saturated rings. The number of likely N-dealkylation sites (tertiary alicyclic amines) is 1. The zero-order valence-electron chi connectivity index (χ0n) is 20.7. The number of hydrogen-bond donors (Lipinski definition) is 3. The van der Waals surface area contributed by atoms with Crippen molar-refractivity contribution in [3.63, 3.8) is 0 Å². The van der Waals surface area contributed by atoms with Gasteiger partial charge >= 0.3 is 0 Å². The summed E-state index contributed by atoms with van der Waals surface area (Å²) < 4.78 is 5.79. The lowest BCUT2D eigenvalue weighted by atomic mass is 9.85. The molecule has 3 aliphatic heterocycles. The van der Waals surface area contributed by atoms with Crippen LogP contribution in [0.5, 0.6) is 0 Å². The number of carbonyl (C=O) groups is 2. The Morgan fingerprint density at radius 1 is 1.06 bits per heavy atom. The van der Waals surface area contributed by atoms with Gasteiger partial charge in [0.25, 0.3) is 0 Å². The molecule has 0 radical (unpaired) electrons. The van der Waals surface area contributed by atoms with Crippen molar-refractivity contribution in [1.82, 2.24) is 20.9 Å². The number of nitrogens with one attached hydrogen (secondary N) is 3. The van der Waals surface area contributed by atoms with Crippen molar-refractivity contribution in [3.05, 3.63) is 0 Å². The number of fused-ring (bicyclic) bond motifs is 1. The van der Waals surface area contributed by atoms with Crippen LogP contribution in [0, 0.1) is 17.8 Å². The summed E-state index contributed by atoms with van der Waals surface area (Å²) in [5, 5.41) is 10.1. The number of hydrogen-bond acceptors (Lipinski definition) is 5. The van der Waals surface area contributed by atoms with Crippen molar-refractivity contribution in [3.8, 4) is 0 Å². The van der Waals surface area contributed by atoms with Gasteiger partial charge in [-0.05, 0) is 83.2 Å². The highest BCUT2D eigenvalue weighted by Gasteiger charge is 2.38. The first kappa shape index (κ1) is 24.9. The first-order valence-corrected chi connectivity index (χ1v) is 13.8. The van der Waals surface area contributed by atoms with E-state index in [9.17, 15) is 9.59 Å². The second-order valence-corrected chi connectivity index (χ2v) is 10.8. The van der Waals surface area contributed by atoms with Gasteiger partial charge in [0.05, 0.1) is 12.1 Å². The van der Waals surface area contributed by atoms with Gasteiger partial charge in [0.15, 0.2) is 0 Å². The van der Waals surface area contributed by atoms with Crippen molar-refractivity contribution in [2.24, 2.45) is 17.8 Å². The van der Waals surface area contributed by atoms with Crippen LogP contribution in [0.1, 0.15) is 77.6 Å². The van der Waals surface area contributed by atoms with Gasteiger partial charge in [0.1, 0.15) is 0 Å². The molecule has 0 spiro atoms. The van der Waals surface area contributed by atoms with E-state index in [4.69, 9.17) is 4.74 Å². The minimum Gasteiger partial charge on any atom is -0.378 e. The number of carbonyl (C=O) groups excluding carboxylic acids is 2. The summed E-state index contributed by atoms with van der Waals surface area (Å²) in [6.07, 6.45) is 12.2. The minimum atomic E-state index is -0.00487. The Labute approximate surface area is 200 Å². The van der Waals surface area contributed by atoms with E-state index in [0.717, 1.165) is 109 Å². The van der Waals surface area contributed by atoms with E-state index in [1.165, 1.54) is 6.42 Å². The number of nitrogens with zero attached hydrogens (tertiary/aromatic N) is 1. The monoisotopic (exact) mass is 462 g/mol. The second kappa shape index (κ2) is 12.5. The van der Waals surface area contributed by atoms with Gasteiger partial charge in [-0.15, -0.1) is 0 Å². The van der Waals surface area contributed by atoms with E-state index < -0.39 is 0 Å². The van der Waals surface area contributed by atoms with E-state index in [0.29, 0.717) is 17.9 Å². The third kappa shape index (κ3) is 6.92. The zero-order valence-corrected chi connectivity index (χ0v) is 20.7. The normalized spacial score (nSPS) is 33.0. The summed E-state index contributed by atoms with van der Waals surface area (Å²) in [5.74, 6) is 2.06. The topological polar surface area (TPSA) is 82.7 Å². The largest absolute Gasteiger partial charge is 0.378 e. The maximum absolute atomic E-state index is 13.0. The van der Waals surface area contributed by atoms with E-state index in [-0.39, 0.29) is 24.0 Å². The molecule has 1 aliphatic carbocycles. The molecule has 1 saturated carbocycles. The van der Waals surface area contributed by atoms with E-state index in [1.54, 1.807) is 0 Å². The molecule has 2 amide bonds. The SMILES string of the molecule is CCOC1CCCC(C(=O)N2CCC(CCCCNC(=O)C3CC4CNCCC4N3)CC2)C1. The van der Waals surface area contributed by atoms with Crippen molar-refractivity contribution in [1.29, 1.82) is 0 Å². The summed E-state index contributed by atoms with van der Waals surface area (Å²) in [7, 11) is 0. The molecular weight excluding hydrogens is 416 g/mol. The Morgan fingerprint density at radius 2 is 1.91 bits per heavy atom. The fourth-order valence-corrected chi connectivity index (χ4v) is 6.55. The third-order valence-corrected chi connectivity index (χ3v) is 8.52. The lowest BCUT2D eigenvalue weighted by molar-refractivity contribution is -0.140. The molecule has 188 valence electrons. The quantitative estimate of drug-likeness (QED) is 0.459. The molecule has 7 heteroatoms. The molecule has 33 heavy (non-hydrogen) atoms. The van der Waals surface area contributed by atoms with Crippen LogP contribution in [-0.4, -0.2) is 74.2 Å². The van der Waals surface area contributed by atoms with Crippen LogP contribution in [-0.2, 0) is 14.3 Å². The fourth-order valence-electron chi connectivity index (χ4n) is 6.55. The van der Waals surface area contributed by atoms with Crippen LogP contribution in [0.3, 0.4) is 0 Å².